The lowest BCUT2D eigenvalue weighted by atomic mass is 10.2. The van der Waals surface area contributed by atoms with Crippen LogP contribution in [0.25, 0.3) is 0 Å². The predicted octanol–water partition coefficient (Wildman–Crippen LogP) is 3.22. The number of nitrogens with one attached hydrogen (secondary N) is 1. The van der Waals surface area contributed by atoms with Gasteiger partial charge in [0.15, 0.2) is 0 Å². The van der Waals surface area contributed by atoms with Gasteiger partial charge in [-0.05, 0) is 17.7 Å². The molecule has 0 radical (unpaired) electrons. The zero-order valence-corrected chi connectivity index (χ0v) is 11.8. The zero-order chi connectivity index (χ0) is 13.8. The van der Waals surface area contributed by atoms with E-state index in [1.54, 1.807) is 12.3 Å². The summed E-state index contributed by atoms with van der Waals surface area (Å²) in [5.41, 5.74) is 1.78. The number of halogens is 2. The SMILES string of the molecule is CC(C)NCc1ccnn1Cc1cccc(F)c1Cl. The van der Waals surface area contributed by atoms with Crippen LogP contribution in [-0.2, 0) is 13.1 Å². The maximum Gasteiger partial charge on any atom is 0.142 e. The van der Waals surface area contributed by atoms with Crippen LogP contribution in [0, 0.1) is 5.82 Å². The molecule has 0 saturated heterocycles. The molecule has 0 fully saturated rings. The summed E-state index contributed by atoms with van der Waals surface area (Å²) in [6, 6.07) is 7.18. The quantitative estimate of drug-likeness (QED) is 0.912. The molecule has 0 bridgehead atoms. The van der Waals surface area contributed by atoms with Gasteiger partial charge in [0.1, 0.15) is 5.82 Å². The number of benzene rings is 1. The van der Waals surface area contributed by atoms with E-state index < -0.39 is 5.82 Å². The summed E-state index contributed by atoms with van der Waals surface area (Å²) in [7, 11) is 0. The second-order valence-electron chi connectivity index (χ2n) is 4.73. The highest BCUT2D eigenvalue weighted by atomic mass is 35.5. The number of aromatic nitrogens is 2. The molecule has 0 aliphatic rings. The third-order valence-electron chi connectivity index (χ3n) is 2.85. The van der Waals surface area contributed by atoms with Gasteiger partial charge in [-0.3, -0.25) is 4.68 Å². The van der Waals surface area contributed by atoms with Gasteiger partial charge in [-0.25, -0.2) is 4.39 Å². The molecule has 0 spiro atoms. The molecule has 0 unspecified atom stereocenters. The van der Waals surface area contributed by atoms with E-state index in [9.17, 15) is 4.39 Å². The third-order valence-corrected chi connectivity index (χ3v) is 3.27. The van der Waals surface area contributed by atoms with E-state index in [1.165, 1.54) is 6.07 Å². The third kappa shape index (κ3) is 3.55. The smallest absolute Gasteiger partial charge is 0.142 e. The van der Waals surface area contributed by atoms with E-state index in [2.05, 4.69) is 24.3 Å². The Morgan fingerprint density at radius 1 is 1.37 bits per heavy atom. The van der Waals surface area contributed by atoms with Crippen LogP contribution in [0.1, 0.15) is 25.1 Å². The summed E-state index contributed by atoms with van der Waals surface area (Å²) in [6.07, 6.45) is 1.74. The minimum absolute atomic E-state index is 0.167. The molecule has 1 aromatic heterocycles. The van der Waals surface area contributed by atoms with Crippen LogP contribution in [0.15, 0.2) is 30.5 Å². The maximum absolute atomic E-state index is 13.4. The molecule has 1 heterocycles. The van der Waals surface area contributed by atoms with E-state index in [4.69, 9.17) is 11.6 Å². The number of hydrogen-bond acceptors (Lipinski definition) is 2. The summed E-state index contributed by atoms with van der Waals surface area (Å²) in [5, 5.41) is 7.76. The van der Waals surface area contributed by atoms with Gasteiger partial charge >= 0.3 is 0 Å². The Morgan fingerprint density at radius 2 is 2.16 bits per heavy atom. The highest BCUT2D eigenvalue weighted by Gasteiger charge is 2.09. The van der Waals surface area contributed by atoms with Crippen molar-refractivity contribution >= 4 is 11.6 Å². The summed E-state index contributed by atoms with van der Waals surface area (Å²) in [6.45, 7) is 5.37. The van der Waals surface area contributed by atoms with E-state index in [0.29, 0.717) is 12.6 Å². The van der Waals surface area contributed by atoms with Crippen LogP contribution in [-0.4, -0.2) is 15.8 Å². The van der Waals surface area contributed by atoms with Gasteiger partial charge in [-0.2, -0.15) is 5.10 Å². The van der Waals surface area contributed by atoms with Gasteiger partial charge in [-0.15, -0.1) is 0 Å². The first kappa shape index (κ1) is 14.0. The minimum atomic E-state index is -0.395. The van der Waals surface area contributed by atoms with Crippen LogP contribution in [0.3, 0.4) is 0 Å². The Labute approximate surface area is 117 Å². The Balaban J connectivity index is 2.15. The van der Waals surface area contributed by atoms with Gasteiger partial charge < -0.3 is 5.32 Å². The lowest BCUT2D eigenvalue weighted by Crippen LogP contribution is -2.23. The van der Waals surface area contributed by atoms with Crippen molar-refractivity contribution < 1.29 is 4.39 Å². The zero-order valence-electron chi connectivity index (χ0n) is 11.0. The molecular formula is C14H17ClFN3. The average Bonchev–Trinajstić information content (AvgIpc) is 2.80. The lowest BCUT2D eigenvalue weighted by Gasteiger charge is -2.11. The summed E-state index contributed by atoms with van der Waals surface area (Å²) < 4.78 is 15.2. The second kappa shape index (κ2) is 6.17. The average molecular weight is 282 g/mol. The van der Waals surface area contributed by atoms with E-state index >= 15 is 0 Å². The van der Waals surface area contributed by atoms with Crippen LogP contribution < -0.4 is 5.32 Å². The first-order chi connectivity index (χ1) is 9.08. The summed E-state index contributed by atoms with van der Waals surface area (Å²) in [5.74, 6) is -0.395. The van der Waals surface area contributed by atoms with Crippen molar-refractivity contribution in [3.8, 4) is 0 Å². The van der Waals surface area contributed by atoms with Crippen molar-refractivity contribution in [2.45, 2.75) is 33.0 Å². The van der Waals surface area contributed by atoms with Gasteiger partial charge in [-0.1, -0.05) is 37.6 Å². The molecule has 1 aromatic carbocycles. The molecule has 0 atom stereocenters. The van der Waals surface area contributed by atoms with E-state index in [-0.39, 0.29) is 5.02 Å². The number of hydrogen-bond donors (Lipinski definition) is 1. The molecule has 0 amide bonds. The standard InChI is InChI=1S/C14H17ClFN3/c1-10(2)17-8-12-6-7-18-19(12)9-11-4-3-5-13(16)14(11)15/h3-7,10,17H,8-9H2,1-2H3. The molecular weight excluding hydrogens is 265 g/mol. The fourth-order valence-electron chi connectivity index (χ4n) is 1.79. The maximum atomic E-state index is 13.4. The summed E-state index contributed by atoms with van der Waals surface area (Å²) >= 11 is 5.96. The van der Waals surface area contributed by atoms with Crippen molar-refractivity contribution in [2.75, 3.05) is 0 Å². The number of nitrogens with zero attached hydrogens (tertiary/aromatic N) is 2. The monoisotopic (exact) mass is 281 g/mol. The van der Waals surface area contributed by atoms with Crippen molar-refractivity contribution in [1.82, 2.24) is 15.1 Å². The van der Waals surface area contributed by atoms with E-state index in [0.717, 1.165) is 17.8 Å². The molecule has 0 aliphatic carbocycles. The Hall–Kier alpha value is -1.39. The van der Waals surface area contributed by atoms with Crippen molar-refractivity contribution in [3.63, 3.8) is 0 Å². The second-order valence-corrected chi connectivity index (χ2v) is 5.11. The Bertz CT molecular complexity index is 551. The van der Waals surface area contributed by atoms with Crippen molar-refractivity contribution in [3.05, 3.63) is 52.6 Å². The Kier molecular flexibility index (Phi) is 4.56. The van der Waals surface area contributed by atoms with Crippen molar-refractivity contribution in [2.24, 2.45) is 0 Å². The molecule has 3 nitrogen and oxygen atoms in total. The molecule has 1 N–H and O–H groups in total. The van der Waals surface area contributed by atoms with Gasteiger partial charge in [0.05, 0.1) is 17.3 Å². The largest absolute Gasteiger partial charge is 0.309 e. The van der Waals surface area contributed by atoms with Gasteiger partial charge in [0.2, 0.25) is 0 Å². The molecule has 19 heavy (non-hydrogen) atoms. The van der Waals surface area contributed by atoms with Crippen LogP contribution >= 0.6 is 11.6 Å². The first-order valence-corrected chi connectivity index (χ1v) is 6.62. The molecule has 102 valence electrons. The normalized spacial score (nSPS) is 11.2. The number of rotatable bonds is 5. The summed E-state index contributed by atoms with van der Waals surface area (Å²) in [4.78, 5) is 0. The van der Waals surface area contributed by atoms with Gasteiger partial charge in [0, 0.05) is 18.8 Å². The molecule has 0 saturated carbocycles. The molecule has 2 aromatic rings. The molecule has 5 heteroatoms. The predicted molar refractivity (Wildman–Crippen MR) is 74.7 cm³/mol. The van der Waals surface area contributed by atoms with Crippen LogP contribution in [0.2, 0.25) is 5.02 Å². The fraction of sp³-hybridized carbons (Fsp3) is 0.357. The minimum Gasteiger partial charge on any atom is -0.309 e. The van der Waals surface area contributed by atoms with Crippen molar-refractivity contribution in [1.29, 1.82) is 0 Å². The topological polar surface area (TPSA) is 29.9 Å². The molecule has 0 aliphatic heterocycles. The molecule has 2 rings (SSSR count). The van der Waals surface area contributed by atoms with Gasteiger partial charge in [0.25, 0.3) is 0 Å². The van der Waals surface area contributed by atoms with Crippen LogP contribution in [0.4, 0.5) is 4.39 Å². The first-order valence-electron chi connectivity index (χ1n) is 6.25. The fourth-order valence-corrected chi connectivity index (χ4v) is 1.98. The lowest BCUT2D eigenvalue weighted by molar-refractivity contribution is 0.546. The highest BCUT2D eigenvalue weighted by Crippen LogP contribution is 2.20. The van der Waals surface area contributed by atoms with Crippen LogP contribution in [0.5, 0.6) is 0 Å². The Morgan fingerprint density at radius 3 is 2.89 bits per heavy atom. The highest BCUT2D eigenvalue weighted by molar-refractivity contribution is 6.31. The van der Waals surface area contributed by atoms with E-state index in [1.807, 2.05) is 16.8 Å².